The van der Waals surface area contributed by atoms with Crippen LogP contribution in [-0.4, -0.2) is 69.3 Å². The molecule has 4 N–H and O–H groups in total. The van der Waals surface area contributed by atoms with Crippen molar-refractivity contribution in [2.45, 2.75) is 210 Å². The molecule has 0 fully saturated rings. The predicted octanol–water partition coefficient (Wildman–Crippen LogP) is 11.0. The second kappa shape index (κ2) is 32.6. The van der Waals surface area contributed by atoms with Gasteiger partial charge in [0.15, 0.2) is 6.10 Å². The van der Waals surface area contributed by atoms with Gasteiger partial charge in [0.1, 0.15) is 13.2 Å². The van der Waals surface area contributed by atoms with Crippen molar-refractivity contribution >= 4 is 25.7 Å². The maximum Gasteiger partial charge on any atom is 0.443 e. The van der Waals surface area contributed by atoms with Crippen LogP contribution < -0.4 is 0 Å². The van der Waals surface area contributed by atoms with Crippen molar-refractivity contribution in [1.82, 2.24) is 0 Å². The Morgan fingerprint density at radius 3 is 1.14 bits per heavy atom. The zero-order chi connectivity index (χ0) is 43.4. The third kappa shape index (κ3) is 32.3. The zero-order valence-electron chi connectivity index (χ0n) is 38.2. The number of aliphatic hydroxyl groups excluding tert-OH is 1. The minimum Gasteiger partial charge on any atom is -0.462 e. The fourth-order valence-electron chi connectivity index (χ4n) is 7.62. The highest BCUT2D eigenvalue weighted by Crippen LogP contribution is 2.51. The van der Waals surface area contributed by atoms with Crippen LogP contribution in [0.15, 0.2) is 0 Å². The molecule has 7 unspecified atom stereocenters. The Labute approximate surface area is 350 Å². The molecule has 0 aromatic rings. The van der Waals surface area contributed by atoms with Gasteiger partial charge in [-0.1, -0.05) is 185 Å². The largest absolute Gasteiger partial charge is 0.462 e. The van der Waals surface area contributed by atoms with Crippen LogP contribution >= 0.6 is 7.94 Å². The van der Waals surface area contributed by atoms with E-state index >= 15 is 0 Å². The summed E-state index contributed by atoms with van der Waals surface area (Å²) in [5, 5.41) is 9.24. The van der Waals surface area contributed by atoms with Crippen molar-refractivity contribution < 1.29 is 48.4 Å². The molecule has 0 rings (SSSR count). The molecule has 0 radical (unpaired) electrons. The summed E-state index contributed by atoms with van der Waals surface area (Å²) in [6, 6.07) is 0. The van der Waals surface area contributed by atoms with E-state index in [4.69, 9.17) is 14.2 Å². The van der Waals surface area contributed by atoms with Crippen molar-refractivity contribution in [2.24, 2.45) is 47.3 Å². The lowest BCUT2D eigenvalue weighted by Crippen LogP contribution is -2.36. The summed E-state index contributed by atoms with van der Waals surface area (Å²) in [4.78, 5) is 67.1. The first-order valence-corrected chi connectivity index (χ1v) is 24.6. The highest BCUT2D eigenvalue weighted by Gasteiger charge is 2.49. The van der Waals surface area contributed by atoms with E-state index in [0.29, 0.717) is 11.8 Å². The van der Waals surface area contributed by atoms with Gasteiger partial charge in [0.25, 0.3) is 0 Å². The van der Waals surface area contributed by atoms with E-state index in [9.17, 15) is 34.2 Å². The number of rotatable bonds is 37. The Morgan fingerprint density at radius 2 is 0.807 bits per heavy atom. The number of carbonyl (C=O) groups is 3. The molecule has 0 saturated carbocycles. The highest BCUT2D eigenvalue weighted by molar-refractivity contribution is 7.60. The van der Waals surface area contributed by atoms with Crippen molar-refractivity contribution in [3.63, 3.8) is 0 Å². The number of ether oxygens (including phenoxy) is 3. The molecule has 0 heterocycles. The Kier molecular flexibility index (Phi) is 31.9. The van der Waals surface area contributed by atoms with E-state index < -0.39 is 50.8 Å². The van der Waals surface area contributed by atoms with Crippen LogP contribution in [0.25, 0.3) is 0 Å². The van der Waals surface area contributed by atoms with E-state index in [2.05, 4.69) is 55.4 Å². The molecule has 0 amide bonds. The molecule has 0 bridgehead atoms. The van der Waals surface area contributed by atoms with Crippen molar-refractivity contribution in [1.29, 1.82) is 0 Å². The summed E-state index contributed by atoms with van der Waals surface area (Å²) < 4.78 is 16.4. The van der Waals surface area contributed by atoms with Gasteiger partial charge < -0.3 is 19.3 Å². The molecule has 0 spiro atoms. The molecule has 57 heavy (non-hydrogen) atoms. The van der Waals surface area contributed by atoms with Crippen LogP contribution in [0.5, 0.6) is 0 Å². The summed E-state index contributed by atoms with van der Waals surface area (Å²) in [7, 11) is -4.83. The number of Topliss-reactive ketones (excluding diaryl/α,β-unsaturated/α-hetero) is 1. The number of ketones is 1. The average molecular weight is 834 g/mol. The van der Waals surface area contributed by atoms with Crippen molar-refractivity contribution in [3.05, 3.63) is 0 Å². The molecule has 338 valence electrons. The highest BCUT2D eigenvalue weighted by atomic mass is 31.2. The smallest absolute Gasteiger partial charge is 0.443 e. The summed E-state index contributed by atoms with van der Waals surface area (Å²) in [5.74, 6) is 0.288. The number of aliphatic hydroxyl groups is 1. The average Bonchev–Trinajstić information content (AvgIpc) is 3.09. The molecule has 0 saturated heterocycles. The second-order valence-corrected chi connectivity index (χ2v) is 20.8. The minimum absolute atomic E-state index is 0.0519. The quantitative estimate of drug-likeness (QED) is 0.0350. The number of hydrogen-bond acceptors (Lipinski definition) is 10. The molecule has 0 aliphatic rings. The molecule has 0 aliphatic carbocycles. The summed E-state index contributed by atoms with van der Waals surface area (Å²) in [5.41, 5.74) is 0. The summed E-state index contributed by atoms with van der Waals surface area (Å²) in [6.07, 6.45) is 20.5. The van der Waals surface area contributed by atoms with Crippen LogP contribution in [0.1, 0.15) is 198 Å². The van der Waals surface area contributed by atoms with Crippen molar-refractivity contribution in [2.75, 3.05) is 19.8 Å². The monoisotopic (exact) mass is 834 g/mol. The van der Waals surface area contributed by atoms with Gasteiger partial charge in [-0.05, 0) is 47.3 Å². The van der Waals surface area contributed by atoms with Crippen LogP contribution in [0.3, 0.4) is 0 Å². The van der Waals surface area contributed by atoms with Gasteiger partial charge in [-0.25, -0.2) is 0 Å². The summed E-state index contributed by atoms with van der Waals surface area (Å²) >= 11 is 0. The third-order valence-electron chi connectivity index (χ3n) is 11.5. The van der Waals surface area contributed by atoms with Gasteiger partial charge >= 0.3 is 25.7 Å². The molecule has 0 aromatic carbocycles. The zero-order valence-corrected chi connectivity index (χ0v) is 39.1. The number of hydrogen-bond donors (Lipinski definition) is 4. The van der Waals surface area contributed by atoms with Gasteiger partial charge in [-0.2, -0.15) is 14.7 Å². The van der Waals surface area contributed by atoms with Gasteiger partial charge in [-0.15, -0.1) is 0 Å². The predicted molar refractivity (Wildman–Crippen MR) is 233 cm³/mol. The van der Waals surface area contributed by atoms with E-state index in [1.54, 1.807) is 0 Å². The third-order valence-corrected chi connectivity index (χ3v) is 12.5. The van der Waals surface area contributed by atoms with Gasteiger partial charge in [-0.3, -0.25) is 14.4 Å². The van der Waals surface area contributed by atoms with E-state index in [0.717, 1.165) is 62.2 Å². The van der Waals surface area contributed by atoms with Gasteiger partial charge in [0.2, 0.25) is 5.78 Å². The van der Waals surface area contributed by atoms with Crippen LogP contribution in [0.4, 0.5) is 0 Å². The topological polar surface area (TPSA) is 160 Å². The van der Waals surface area contributed by atoms with E-state index in [1.807, 2.05) is 13.8 Å². The molecule has 8 atom stereocenters. The fourth-order valence-corrected chi connectivity index (χ4v) is 8.37. The first kappa shape index (κ1) is 55.8. The maximum absolute atomic E-state index is 13.0. The first-order chi connectivity index (χ1) is 26.7. The van der Waals surface area contributed by atoms with Crippen LogP contribution in [-0.2, 0) is 28.6 Å². The lowest BCUT2D eigenvalue weighted by Gasteiger charge is -2.22. The molecule has 11 heteroatoms. The van der Waals surface area contributed by atoms with Crippen LogP contribution in [0.2, 0.25) is 0 Å². The SMILES string of the molecule is CC(C)CCCC(C)CCCC(C)CCCC(C)CC(=O)OC[C@H](COC(C(=O)CO)[P+](O)(O)O)OC(=O)CC(C)CCCC(C)CCCC(C)CCCC(C)C. The maximum atomic E-state index is 13.0. The fraction of sp³-hybridized carbons (Fsp3) is 0.935. The van der Waals surface area contributed by atoms with E-state index in [1.165, 1.54) is 77.0 Å². The van der Waals surface area contributed by atoms with Gasteiger partial charge in [0, 0.05) is 12.8 Å². The Morgan fingerprint density at radius 1 is 0.474 bits per heavy atom. The standard InChI is InChI=1S/C46H90O10P/c1-34(2)17-11-19-36(5)21-13-23-38(7)25-15-27-40(9)29-44(49)54-32-42(33-55-46(43(48)31-47)57(51,52)53)56-45(50)30-41(10)28-16-26-39(8)24-14-22-37(6)20-12-18-35(3)4/h34-42,46-47,51-53H,11-33H2,1-10H3/q+1/t36?,37?,38?,39?,40?,41?,42-,46?/m1/s1. The molecule has 10 nitrogen and oxygen atoms in total. The lowest BCUT2D eigenvalue weighted by atomic mass is 9.91. The first-order valence-electron chi connectivity index (χ1n) is 22.9. The minimum atomic E-state index is -4.83. The number of esters is 2. The molecule has 0 aliphatic heterocycles. The molecular weight excluding hydrogens is 743 g/mol. The van der Waals surface area contributed by atoms with Crippen LogP contribution in [0, 0.1) is 47.3 Å². The summed E-state index contributed by atoms with van der Waals surface area (Å²) in [6.45, 7) is 20.5. The molecule has 0 aromatic heterocycles. The van der Waals surface area contributed by atoms with E-state index in [-0.39, 0.29) is 31.3 Å². The molecular formula is C46H90O10P+. The second-order valence-electron chi connectivity index (χ2n) is 19.1. The Bertz CT molecular complexity index is 1030. The van der Waals surface area contributed by atoms with Crippen molar-refractivity contribution in [3.8, 4) is 0 Å². The lowest BCUT2D eigenvalue weighted by molar-refractivity contribution is -0.165. The number of carbonyl (C=O) groups excluding carboxylic acids is 3. The normalized spacial score (nSPS) is 16.5. The Balaban J connectivity index is 4.84. The van der Waals surface area contributed by atoms with Gasteiger partial charge in [0.05, 0.1) is 6.61 Å². The Hall–Kier alpha value is -1.16.